The molecule has 2 fully saturated rings. The van der Waals surface area contributed by atoms with Crippen LogP contribution in [0.15, 0.2) is 12.1 Å². The Hall–Kier alpha value is -1.72. The quantitative estimate of drug-likeness (QED) is 0.618. The molecule has 0 N–H and O–H groups in total. The van der Waals surface area contributed by atoms with Gasteiger partial charge in [0.2, 0.25) is 0 Å². The van der Waals surface area contributed by atoms with E-state index in [1.807, 2.05) is 32.9 Å². The summed E-state index contributed by atoms with van der Waals surface area (Å²) >= 11 is 0. The van der Waals surface area contributed by atoms with Crippen molar-refractivity contribution < 1.29 is 19.2 Å². The zero-order valence-corrected chi connectivity index (χ0v) is 14.1. The molecule has 5 nitrogen and oxygen atoms in total. The molecule has 0 saturated carbocycles. The van der Waals surface area contributed by atoms with Gasteiger partial charge in [0.05, 0.1) is 7.11 Å². The summed E-state index contributed by atoms with van der Waals surface area (Å²) in [6.07, 6.45) is 0.984. The fourth-order valence-corrected chi connectivity index (χ4v) is 3.95. The second-order valence-corrected chi connectivity index (χ2v) is 6.64. The Morgan fingerprint density at radius 3 is 2.22 bits per heavy atom. The van der Waals surface area contributed by atoms with Crippen molar-refractivity contribution in [1.29, 1.82) is 0 Å². The van der Waals surface area contributed by atoms with Crippen LogP contribution in [-0.2, 0) is 19.2 Å². The molecule has 1 aromatic rings. The first-order valence-electron chi connectivity index (χ1n) is 8.02. The molecule has 5 heteroatoms. The standard InChI is InChI=1S/C18H23NO4/c1-11-9-12(2)14(13(3)10-11)15-16(20)18(23-17(15)21)5-7-19(22-4)8-6-18/h9-10,15H,5-8H2,1-4H3. The summed E-state index contributed by atoms with van der Waals surface area (Å²) in [6.45, 7) is 7.10. The van der Waals surface area contributed by atoms with Crippen LogP contribution >= 0.6 is 0 Å². The molecule has 2 aliphatic rings. The van der Waals surface area contributed by atoms with E-state index in [1.165, 1.54) is 0 Å². The number of piperidine rings is 1. The molecule has 2 heterocycles. The fraction of sp³-hybridized carbons (Fsp3) is 0.556. The van der Waals surface area contributed by atoms with Crippen LogP contribution in [0.3, 0.4) is 0 Å². The van der Waals surface area contributed by atoms with Gasteiger partial charge < -0.3 is 9.57 Å². The maximum atomic E-state index is 13.1. The molecule has 3 rings (SSSR count). The van der Waals surface area contributed by atoms with E-state index in [1.54, 1.807) is 12.2 Å². The van der Waals surface area contributed by atoms with Gasteiger partial charge in [0, 0.05) is 25.9 Å². The molecule has 0 amide bonds. The van der Waals surface area contributed by atoms with Crippen molar-refractivity contribution in [2.75, 3.05) is 20.2 Å². The van der Waals surface area contributed by atoms with E-state index >= 15 is 0 Å². The molecule has 0 aliphatic carbocycles. The summed E-state index contributed by atoms with van der Waals surface area (Å²) < 4.78 is 5.63. The Labute approximate surface area is 136 Å². The molecule has 0 bridgehead atoms. The number of Topliss-reactive ketones (excluding diaryl/α,β-unsaturated/α-hetero) is 1. The molecule has 0 radical (unpaired) electrons. The van der Waals surface area contributed by atoms with Crippen LogP contribution in [0, 0.1) is 20.8 Å². The number of benzene rings is 1. The summed E-state index contributed by atoms with van der Waals surface area (Å²) in [5.41, 5.74) is 2.93. The van der Waals surface area contributed by atoms with Gasteiger partial charge in [-0.25, -0.2) is 0 Å². The lowest BCUT2D eigenvalue weighted by molar-refractivity contribution is -0.184. The van der Waals surface area contributed by atoms with Crippen molar-refractivity contribution in [2.24, 2.45) is 0 Å². The predicted molar refractivity (Wildman–Crippen MR) is 85.0 cm³/mol. The van der Waals surface area contributed by atoms with E-state index in [-0.39, 0.29) is 5.78 Å². The molecule has 0 aromatic heterocycles. The first-order chi connectivity index (χ1) is 10.9. The Bertz CT molecular complexity index is 636. The average Bonchev–Trinajstić information content (AvgIpc) is 2.72. The number of hydrogen-bond acceptors (Lipinski definition) is 5. The summed E-state index contributed by atoms with van der Waals surface area (Å²) in [7, 11) is 1.61. The van der Waals surface area contributed by atoms with Crippen LogP contribution in [0.4, 0.5) is 0 Å². The van der Waals surface area contributed by atoms with Gasteiger partial charge in [0.15, 0.2) is 11.4 Å². The second kappa shape index (κ2) is 5.73. The molecular formula is C18H23NO4. The molecule has 1 aromatic carbocycles. The van der Waals surface area contributed by atoms with Crippen LogP contribution in [0.2, 0.25) is 0 Å². The van der Waals surface area contributed by atoms with Crippen molar-refractivity contribution in [3.63, 3.8) is 0 Å². The lowest BCUT2D eigenvalue weighted by atomic mass is 9.79. The van der Waals surface area contributed by atoms with Crippen LogP contribution < -0.4 is 0 Å². The number of carbonyl (C=O) groups excluding carboxylic acids is 2. The minimum Gasteiger partial charge on any atom is -0.450 e. The minimum atomic E-state index is -0.972. The van der Waals surface area contributed by atoms with Crippen molar-refractivity contribution >= 4 is 11.8 Å². The van der Waals surface area contributed by atoms with Crippen molar-refractivity contribution in [3.05, 3.63) is 34.4 Å². The summed E-state index contributed by atoms with van der Waals surface area (Å²) in [5.74, 6) is -1.28. The minimum absolute atomic E-state index is 0.0895. The van der Waals surface area contributed by atoms with Crippen molar-refractivity contribution in [3.8, 4) is 0 Å². The van der Waals surface area contributed by atoms with E-state index in [9.17, 15) is 9.59 Å². The maximum absolute atomic E-state index is 13.1. The molecule has 1 spiro atoms. The number of esters is 1. The van der Waals surface area contributed by atoms with Crippen LogP contribution in [0.5, 0.6) is 0 Å². The molecular weight excluding hydrogens is 294 g/mol. The summed E-state index contributed by atoms with van der Waals surface area (Å²) in [4.78, 5) is 30.8. The molecule has 23 heavy (non-hydrogen) atoms. The fourth-order valence-electron chi connectivity index (χ4n) is 3.95. The molecule has 1 unspecified atom stereocenters. The molecule has 124 valence electrons. The lowest BCUT2D eigenvalue weighted by Gasteiger charge is -2.35. The second-order valence-electron chi connectivity index (χ2n) is 6.64. The summed E-state index contributed by atoms with van der Waals surface area (Å²) in [6, 6.07) is 4.03. The molecule has 2 saturated heterocycles. The lowest BCUT2D eigenvalue weighted by Crippen LogP contribution is -2.48. The summed E-state index contributed by atoms with van der Waals surface area (Å²) in [5, 5.41) is 1.79. The highest BCUT2D eigenvalue weighted by atomic mass is 16.7. The van der Waals surface area contributed by atoms with Crippen molar-refractivity contribution in [2.45, 2.75) is 45.1 Å². The Balaban J connectivity index is 1.94. The highest BCUT2D eigenvalue weighted by Crippen LogP contribution is 2.42. The number of nitrogens with zero attached hydrogens (tertiary/aromatic N) is 1. The third-order valence-electron chi connectivity index (χ3n) is 5.06. The Morgan fingerprint density at radius 1 is 1.13 bits per heavy atom. The van der Waals surface area contributed by atoms with Crippen LogP contribution in [-0.4, -0.2) is 42.6 Å². The van der Waals surface area contributed by atoms with Gasteiger partial charge in [-0.05, 0) is 37.5 Å². The van der Waals surface area contributed by atoms with E-state index < -0.39 is 17.5 Å². The smallest absolute Gasteiger partial charge is 0.322 e. The zero-order valence-electron chi connectivity index (χ0n) is 14.1. The zero-order chi connectivity index (χ0) is 16.8. The largest absolute Gasteiger partial charge is 0.450 e. The van der Waals surface area contributed by atoms with E-state index in [0.717, 1.165) is 22.3 Å². The van der Waals surface area contributed by atoms with E-state index in [0.29, 0.717) is 25.9 Å². The van der Waals surface area contributed by atoms with Gasteiger partial charge in [-0.1, -0.05) is 17.7 Å². The van der Waals surface area contributed by atoms with E-state index in [2.05, 4.69) is 0 Å². The van der Waals surface area contributed by atoms with Gasteiger partial charge in [0.1, 0.15) is 5.92 Å². The number of hydroxylamine groups is 2. The molecule has 2 aliphatic heterocycles. The van der Waals surface area contributed by atoms with Gasteiger partial charge >= 0.3 is 5.97 Å². The first kappa shape index (κ1) is 16.1. The predicted octanol–water partition coefficient (Wildman–Crippen LogP) is 2.22. The van der Waals surface area contributed by atoms with Crippen LogP contribution in [0.25, 0.3) is 0 Å². The average molecular weight is 317 g/mol. The maximum Gasteiger partial charge on any atom is 0.322 e. The van der Waals surface area contributed by atoms with Crippen LogP contribution in [0.1, 0.15) is 41.0 Å². The third kappa shape index (κ3) is 2.58. The van der Waals surface area contributed by atoms with Gasteiger partial charge in [-0.15, -0.1) is 0 Å². The highest BCUT2D eigenvalue weighted by Gasteiger charge is 2.57. The van der Waals surface area contributed by atoms with Gasteiger partial charge in [-0.2, -0.15) is 5.06 Å². The Morgan fingerprint density at radius 2 is 1.70 bits per heavy atom. The number of ketones is 1. The number of aryl methyl sites for hydroxylation is 3. The SMILES string of the molecule is CON1CCC2(CC1)OC(=O)C(c1c(C)cc(C)cc1C)C2=O. The highest BCUT2D eigenvalue weighted by molar-refractivity contribution is 6.14. The van der Waals surface area contributed by atoms with Gasteiger partial charge in [-0.3, -0.25) is 9.59 Å². The first-order valence-corrected chi connectivity index (χ1v) is 8.02. The van der Waals surface area contributed by atoms with Gasteiger partial charge in [0.25, 0.3) is 0 Å². The normalized spacial score (nSPS) is 24.3. The molecule has 1 atom stereocenters. The third-order valence-corrected chi connectivity index (χ3v) is 5.06. The van der Waals surface area contributed by atoms with Crippen molar-refractivity contribution in [1.82, 2.24) is 5.06 Å². The topological polar surface area (TPSA) is 55.8 Å². The monoisotopic (exact) mass is 317 g/mol. The van der Waals surface area contributed by atoms with E-state index in [4.69, 9.17) is 9.57 Å². The number of carbonyl (C=O) groups is 2. The Kier molecular flexibility index (Phi) is 4.02. The number of hydrogen-bond donors (Lipinski definition) is 0. The number of rotatable bonds is 2. The number of ether oxygens (including phenoxy) is 1.